The van der Waals surface area contributed by atoms with Crippen LogP contribution >= 0.6 is 22.9 Å². The Bertz CT molecular complexity index is 1550. The summed E-state index contributed by atoms with van der Waals surface area (Å²) in [5.74, 6) is 0. The van der Waals surface area contributed by atoms with Crippen molar-refractivity contribution in [1.82, 2.24) is 14.5 Å². The van der Waals surface area contributed by atoms with Crippen molar-refractivity contribution in [2.45, 2.75) is 25.8 Å². The van der Waals surface area contributed by atoms with Gasteiger partial charge >= 0.3 is 0 Å². The lowest BCUT2D eigenvalue weighted by Crippen LogP contribution is -2.29. The zero-order valence-corrected chi connectivity index (χ0v) is 20.3. The molecule has 5 aromatic rings. The van der Waals surface area contributed by atoms with Crippen LogP contribution in [-0.4, -0.2) is 27.5 Å². The molecule has 34 heavy (non-hydrogen) atoms. The number of hydrogen-bond donors (Lipinski definition) is 0. The Labute approximate surface area is 207 Å². The first-order valence-corrected chi connectivity index (χ1v) is 12.9. The van der Waals surface area contributed by atoms with Crippen molar-refractivity contribution in [3.8, 4) is 16.1 Å². The number of likely N-dealkylation sites (tertiary alicyclic amines) is 1. The van der Waals surface area contributed by atoms with Crippen molar-refractivity contribution in [2.75, 3.05) is 13.1 Å². The second kappa shape index (κ2) is 8.99. The zero-order chi connectivity index (χ0) is 23.1. The highest BCUT2D eigenvalue weighted by atomic mass is 35.5. The zero-order valence-electron chi connectivity index (χ0n) is 18.7. The third kappa shape index (κ3) is 4.16. The van der Waals surface area contributed by atoms with Crippen LogP contribution in [0.15, 0.2) is 77.9 Å². The van der Waals surface area contributed by atoms with E-state index < -0.39 is 0 Å². The first-order chi connectivity index (χ1) is 16.6. The molecule has 1 saturated heterocycles. The van der Waals surface area contributed by atoms with E-state index in [0.717, 1.165) is 33.6 Å². The number of piperidine rings is 1. The van der Waals surface area contributed by atoms with Crippen LogP contribution in [0.25, 0.3) is 37.1 Å². The monoisotopic (exact) mass is 485 g/mol. The van der Waals surface area contributed by atoms with Gasteiger partial charge in [0.25, 0.3) is 5.56 Å². The number of aromatic nitrogens is 2. The van der Waals surface area contributed by atoms with E-state index in [1.807, 2.05) is 36.4 Å². The smallest absolute Gasteiger partial charge is 0.275 e. The Morgan fingerprint density at radius 2 is 1.65 bits per heavy atom. The van der Waals surface area contributed by atoms with Gasteiger partial charge in [0.05, 0.1) is 11.2 Å². The molecule has 0 bridgehead atoms. The Balaban J connectivity index is 1.33. The highest BCUT2D eigenvalue weighted by Crippen LogP contribution is 2.32. The highest BCUT2D eigenvalue weighted by molar-refractivity contribution is 7.22. The van der Waals surface area contributed by atoms with Crippen LogP contribution in [0.3, 0.4) is 0 Å². The average molecular weight is 486 g/mol. The first-order valence-electron chi connectivity index (χ1n) is 11.7. The van der Waals surface area contributed by atoms with Crippen LogP contribution in [0.5, 0.6) is 0 Å². The SMILES string of the molecule is O=c1c2sc(-c3ccc(Cl)cc3)cc2ncn1-c1ccc2cc(CN3CCCCC3)ccc2c1. The van der Waals surface area contributed by atoms with Gasteiger partial charge in [0.2, 0.25) is 0 Å². The van der Waals surface area contributed by atoms with Crippen LogP contribution < -0.4 is 5.56 Å². The molecular formula is C28H24ClN3OS. The van der Waals surface area contributed by atoms with Gasteiger partial charge in [-0.1, -0.05) is 48.4 Å². The summed E-state index contributed by atoms with van der Waals surface area (Å²) in [7, 11) is 0. The van der Waals surface area contributed by atoms with Gasteiger partial charge in [0, 0.05) is 16.4 Å². The fourth-order valence-corrected chi connectivity index (χ4v) is 5.93. The molecule has 0 aliphatic carbocycles. The van der Waals surface area contributed by atoms with Crippen LogP contribution in [0.1, 0.15) is 24.8 Å². The van der Waals surface area contributed by atoms with E-state index in [0.29, 0.717) is 9.72 Å². The summed E-state index contributed by atoms with van der Waals surface area (Å²) in [6.07, 6.45) is 5.59. The summed E-state index contributed by atoms with van der Waals surface area (Å²) in [6.45, 7) is 3.39. The third-order valence-electron chi connectivity index (χ3n) is 6.59. The van der Waals surface area contributed by atoms with E-state index in [4.69, 9.17) is 11.6 Å². The maximum absolute atomic E-state index is 13.3. The van der Waals surface area contributed by atoms with Crippen LogP contribution in [0.2, 0.25) is 5.02 Å². The molecule has 0 amide bonds. The van der Waals surface area contributed by atoms with Crippen LogP contribution in [-0.2, 0) is 6.54 Å². The van der Waals surface area contributed by atoms with E-state index in [-0.39, 0.29) is 5.56 Å². The number of halogens is 1. The van der Waals surface area contributed by atoms with E-state index in [9.17, 15) is 4.79 Å². The van der Waals surface area contributed by atoms with E-state index in [1.54, 1.807) is 10.9 Å². The van der Waals surface area contributed by atoms with Gasteiger partial charge in [-0.15, -0.1) is 11.3 Å². The molecule has 0 atom stereocenters. The summed E-state index contributed by atoms with van der Waals surface area (Å²) < 4.78 is 2.30. The number of benzene rings is 3. The summed E-state index contributed by atoms with van der Waals surface area (Å²) in [4.78, 5) is 21.5. The van der Waals surface area contributed by atoms with E-state index in [2.05, 4.69) is 40.2 Å². The Morgan fingerprint density at radius 3 is 2.47 bits per heavy atom. The number of fused-ring (bicyclic) bond motifs is 2. The molecule has 3 aromatic carbocycles. The van der Waals surface area contributed by atoms with Crippen molar-refractivity contribution in [3.05, 3.63) is 94.0 Å². The van der Waals surface area contributed by atoms with Crippen molar-refractivity contribution >= 4 is 43.9 Å². The van der Waals surface area contributed by atoms with Gasteiger partial charge in [0.1, 0.15) is 11.0 Å². The molecule has 0 saturated carbocycles. The standard InChI is InChI=1S/C28H24ClN3OS/c29-23-9-6-20(7-10-23)26-16-25-27(34-26)28(33)32(18-30-25)24-11-8-21-14-19(4-5-22(21)15-24)17-31-12-2-1-3-13-31/h4-11,14-16,18H,1-3,12-13,17H2. The quantitative estimate of drug-likeness (QED) is 0.277. The average Bonchev–Trinajstić information content (AvgIpc) is 3.30. The molecule has 1 fully saturated rings. The molecule has 1 aliphatic rings. The molecule has 4 nitrogen and oxygen atoms in total. The van der Waals surface area contributed by atoms with Gasteiger partial charge in [-0.3, -0.25) is 14.3 Å². The lowest BCUT2D eigenvalue weighted by atomic mass is 10.0. The topological polar surface area (TPSA) is 38.1 Å². The van der Waals surface area contributed by atoms with Gasteiger partial charge in [-0.2, -0.15) is 0 Å². The predicted octanol–water partition coefficient (Wildman–Crippen LogP) is 6.91. The van der Waals surface area contributed by atoms with Gasteiger partial charge < -0.3 is 0 Å². The van der Waals surface area contributed by atoms with Crippen molar-refractivity contribution in [2.24, 2.45) is 0 Å². The van der Waals surface area contributed by atoms with Crippen molar-refractivity contribution in [3.63, 3.8) is 0 Å². The first kappa shape index (κ1) is 21.5. The minimum atomic E-state index is -0.0451. The molecule has 0 unspecified atom stereocenters. The molecule has 0 N–H and O–H groups in total. The lowest BCUT2D eigenvalue weighted by Gasteiger charge is -2.26. The second-order valence-electron chi connectivity index (χ2n) is 8.95. The number of hydrogen-bond acceptors (Lipinski definition) is 4. The predicted molar refractivity (Wildman–Crippen MR) is 142 cm³/mol. The molecule has 6 rings (SSSR count). The molecule has 6 heteroatoms. The Hall–Kier alpha value is -2.99. The third-order valence-corrected chi connectivity index (χ3v) is 8.00. The minimum absolute atomic E-state index is 0.0451. The highest BCUT2D eigenvalue weighted by Gasteiger charge is 2.13. The molecule has 0 radical (unpaired) electrons. The molecule has 1 aliphatic heterocycles. The molecule has 0 spiro atoms. The Morgan fingerprint density at radius 1 is 0.882 bits per heavy atom. The van der Waals surface area contributed by atoms with Gasteiger partial charge in [-0.05, 0) is 84.2 Å². The van der Waals surface area contributed by atoms with Crippen molar-refractivity contribution in [1.29, 1.82) is 0 Å². The summed E-state index contributed by atoms with van der Waals surface area (Å²) in [5.41, 5.74) is 3.88. The molecule has 3 heterocycles. The summed E-state index contributed by atoms with van der Waals surface area (Å²) in [6, 6.07) is 22.5. The number of rotatable bonds is 4. The van der Waals surface area contributed by atoms with Gasteiger partial charge in [0.15, 0.2) is 0 Å². The van der Waals surface area contributed by atoms with E-state index >= 15 is 0 Å². The fourth-order valence-electron chi connectivity index (χ4n) is 4.76. The maximum Gasteiger partial charge on any atom is 0.275 e. The normalized spacial score (nSPS) is 14.7. The molecular weight excluding hydrogens is 462 g/mol. The van der Waals surface area contributed by atoms with Crippen molar-refractivity contribution < 1.29 is 0 Å². The molecule has 170 valence electrons. The fraction of sp³-hybridized carbons (Fsp3) is 0.214. The summed E-state index contributed by atoms with van der Waals surface area (Å²) >= 11 is 7.49. The minimum Gasteiger partial charge on any atom is -0.299 e. The van der Waals surface area contributed by atoms with E-state index in [1.165, 1.54) is 54.6 Å². The molecule has 2 aromatic heterocycles. The Kier molecular flexibility index (Phi) is 5.69. The number of nitrogens with zero attached hydrogens (tertiary/aromatic N) is 3. The largest absolute Gasteiger partial charge is 0.299 e. The maximum atomic E-state index is 13.3. The number of thiophene rings is 1. The summed E-state index contributed by atoms with van der Waals surface area (Å²) in [5, 5.41) is 3.02. The van der Waals surface area contributed by atoms with Crippen LogP contribution in [0, 0.1) is 0 Å². The van der Waals surface area contributed by atoms with Crippen LogP contribution in [0.4, 0.5) is 0 Å². The van der Waals surface area contributed by atoms with Gasteiger partial charge in [-0.25, -0.2) is 4.98 Å². The lowest BCUT2D eigenvalue weighted by molar-refractivity contribution is 0.221. The second-order valence-corrected chi connectivity index (χ2v) is 10.4.